The van der Waals surface area contributed by atoms with Crippen LogP contribution in [-0.4, -0.2) is 44.7 Å². The van der Waals surface area contributed by atoms with Gasteiger partial charge < -0.3 is 20.3 Å². The van der Waals surface area contributed by atoms with Crippen LogP contribution in [0.4, 0.5) is 0 Å². The number of carbonyl (C=O) groups excluding carboxylic acids is 2. The summed E-state index contributed by atoms with van der Waals surface area (Å²) >= 11 is 0. The topological polar surface area (TPSA) is 88.5 Å². The van der Waals surface area contributed by atoms with Crippen molar-refractivity contribution in [2.24, 2.45) is 0 Å². The second-order valence-corrected chi connectivity index (χ2v) is 9.53. The zero-order valence-electron chi connectivity index (χ0n) is 19.8. The van der Waals surface area contributed by atoms with Crippen LogP contribution in [0.15, 0.2) is 42.9 Å². The molecule has 1 aromatic heterocycles. The van der Waals surface area contributed by atoms with Gasteiger partial charge in [0.15, 0.2) is 0 Å². The first kappa shape index (κ1) is 22.7. The van der Waals surface area contributed by atoms with Gasteiger partial charge in [0, 0.05) is 48.7 Å². The molecule has 0 spiro atoms. The Balaban J connectivity index is 1.24. The van der Waals surface area contributed by atoms with Gasteiger partial charge in [-0.05, 0) is 62.8 Å². The molecule has 1 saturated carbocycles. The molecule has 2 aromatic rings. The lowest BCUT2D eigenvalue weighted by molar-refractivity contribution is -0.126. The van der Waals surface area contributed by atoms with E-state index in [1.165, 1.54) is 12.0 Å². The second-order valence-electron chi connectivity index (χ2n) is 9.53. The van der Waals surface area contributed by atoms with Gasteiger partial charge in [-0.15, -0.1) is 0 Å². The van der Waals surface area contributed by atoms with E-state index in [-0.39, 0.29) is 24.0 Å². The number of aromatic nitrogens is 2. The van der Waals surface area contributed by atoms with Gasteiger partial charge in [0.2, 0.25) is 5.91 Å². The number of carbonyl (C=O) groups is 2. The molecule has 1 saturated heterocycles. The maximum Gasteiger partial charge on any atom is 0.255 e. The van der Waals surface area contributed by atoms with Crippen molar-refractivity contribution in [2.45, 2.75) is 83.3 Å². The summed E-state index contributed by atoms with van der Waals surface area (Å²) in [5, 5.41) is 10.8. The van der Waals surface area contributed by atoms with E-state index in [9.17, 15) is 9.59 Å². The van der Waals surface area contributed by atoms with E-state index in [0.29, 0.717) is 24.9 Å². The monoisotopic (exact) mass is 463 g/mol. The highest BCUT2D eigenvalue weighted by Gasteiger charge is 2.38. The van der Waals surface area contributed by atoms with Gasteiger partial charge >= 0.3 is 0 Å². The number of piperidine rings is 1. The van der Waals surface area contributed by atoms with E-state index in [2.05, 4.69) is 35.4 Å². The molecule has 8 nitrogen and oxygen atoms in total. The van der Waals surface area contributed by atoms with Gasteiger partial charge in [-0.1, -0.05) is 13.0 Å². The van der Waals surface area contributed by atoms with E-state index in [1.807, 2.05) is 29.1 Å². The van der Waals surface area contributed by atoms with Gasteiger partial charge in [0.25, 0.3) is 5.91 Å². The number of rotatable bonds is 7. The Morgan fingerprint density at radius 2 is 2.09 bits per heavy atom. The quantitative estimate of drug-likeness (QED) is 0.659. The molecule has 3 aliphatic rings. The first-order valence-corrected chi connectivity index (χ1v) is 12.4. The maximum absolute atomic E-state index is 13.0. The molecule has 3 atom stereocenters. The number of hydrogen-bond acceptors (Lipinski definition) is 5. The third-order valence-electron chi connectivity index (χ3n) is 7.18. The first-order valence-electron chi connectivity index (χ1n) is 12.4. The molecule has 3 heterocycles. The van der Waals surface area contributed by atoms with Crippen LogP contribution in [0.2, 0.25) is 0 Å². The molecule has 1 aliphatic carbocycles. The standard InChI is InChI=1S/C26H33N5O3/c1-3-30-15-18(14-28-30)13-27-22-6-4-5-7-24(22)34-20-9-10-21-19(12-20)16-31(26(21)33)23-11-8-17(2)29-25(23)32/h9-10,12,14-15,22-24,27H,2-8,11,13,16H2,1H3,(H,29,32)/t22-,23?,24+/m0/s1. The number of fused-ring (bicyclic) bond motifs is 1. The summed E-state index contributed by atoms with van der Waals surface area (Å²) in [6.07, 6.45) is 9.80. The van der Waals surface area contributed by atoms with Crippen molar-refractivity contribution in [3.05, 3.63) is 59.6 Å². The van der Waals surface area contributed by atoms with Crippen LogP contribution < -0.4 is 15.4 Å². The lowest BCUT2D eigenvalue weighted by Crippen LogP contribution is -2.49. The third-order valence-corrected chi connectivity index (χ3v) is 7.18. The number of nitrogens with zero attached hydrogens (tertiary/aromatic N) is 3. The van der Waals surface area contributed by atoms with Crippen molar-refractivity contribution in [1.82, 2.24) is 25.3 Å². The minimum Gasteiger partial charge on any atom is -0.489 e. The highest BCUT2D eigenvalue weighted by atomic mass is 16.5. The lowest BCUT2D eigenvalue weighted by atomic mass is 9.92. The Bertz CT molecular complexity index is 1090. The number of nitrogens with one attached hydrogen (secondary N) is 2. The second kappa shape index (κ2) is 9.62. The Morgan fingerprint density at radius 3 is 2.88 bits per heavy atom. The number of aryl methyl sites for hydroxylation is 1. The predicted octanol–water partition coefficient (Wildman–Crippen LogP) is 3.13. The van der Waals surface area contributed by atoms with E-state index >= 15 is 0 Å². The summed E-state index contributed by atoms with van der Waals surface area (Å²) in [6, 6.07) is 5.53. The lowest BCUT2D eigenvalue weighted by Gasteiger charge is -2.32. The van der Waals surface area contributed by atoms with Gasteiger partial charge in [0.05, 0.1) is 6.20 Å². The Hall–Kier alpha value is -3.13. The Labute approximate surface area is 200 Å². The third kappa shape index (κ3) is 4.59. The van der Waals surface area contributed by atoms with E-state index in [4.69, 9.17) is 4.74 Å². The number of hydrogen-bond donors (Lipinski definition) is 2. The molecule has 5 rings (SSSR count). The average Bonchev–Trinajstić information content (AvgIpc) is 3.43. The molecule has 1 aromatic carbocycles. The first-order chi connectivity index (χ1) is 16.5. The van der Waals surface area contributed by atoms with E-state index in [0.717, 1.165) is 49.4 Å². The minimum atomic E-state index is -0.446. The summed E-state index contributed by atoms with van der Waals surface area (Å²) in [5.41, 5.74) is 3.48. The molecular weight excluding hydrogens is 430 g/mol. The summed E-state index contributed by atoms with van der Waals surface area (Å²) < 4.78 is 8.39. The number of allylic oxidation sites excluding steroid dienone is 1. The number of amides is 2. The summed E-state index contributed by atoms with van der Waals surface area (Å²) in [5.74, 6) is 0.556. The van der Waals surface area contributed by atoms with Gasteiger partial charge in [-0.3, -0.25) is 14.3 Å². The van der Waals surface area contributed by atoms with E-state index < -0.39 is 6.04 Å². The highest BCUT2D eigenvalue weighted by molar-refractivity contribution is 6.01. The molecule has 34 heavy (non-hydrogen) atoms. The van der Waals surface area contributed by atoms with Gasteiger partial charge in [-0.25, -0.2) is 0 Å². The van der Waals surface area contributed by atoms with Crippen LogP contribution in [0.5, 0.6) is 5.75 Å². The van der Waals surface area contributed by atoms with Crippen LogP contribution in [0, 0.1) is 0 Å². The fraction of sp³-hybridized carbons (Fsp3) is 0.500. The summed E-state index contributed by atoms with van der Waals surface area (Å²) in [7, 11) is 0. The number of ether oxygens (including phenoxy) is 1. The normalized spacial score (nSPS) is 24.8. The van der Waals surface area contributed by atoms with Crippen molar-refractivity contribution in [3.63, 3.8) is 0 Å². The van der Waals surface area contributed by atoms with Gasteiger partial charge in [0.1, 0.15) is 17.9 Å². The van der Waals surface area contributed by atoms with Crippen molar-refractivity contribution < 1.29 is 14.3 Å². The van der Waals surface area contributed by atoms with Crippen LogP contribution in [0.1, 0.15) is 66.9 Å². The maximum atomic E-state index is 13.0. The molecule has 2 fully saturated rings. The van der Waals surface area contributed by atoms with Crippen molar-refractivity contribution in [2.75, 3.05) is 0 Å². The molecular formula is C26H33N5O3. The van der Waals surface area contributed by atoms with Crippen molar-refractivity contribution in [3.8, 4) is 5.75 Å². The predicted molar refractivity (Wildman–Crippen MR) is 128 cm³/mol. The molecule has 8 heteroatoms. The summed E-state index contributed by atoms with van der Waals surface area (Å²) in [4.78, 5) is 27.1. The molecule has 180 valence electrons. The van der Waals surface area contributed by atoms with Crippen LogP contribution >= 0.6 is 0 Å². The average molecular weight is 464 g/mol. The Kier molecular flexibility index (Phi) is 6.41. The number of benzene rings is 1. The van der Waals surface area contributed by atoms with Crippen LogP contribution in [0.3, 0.4) is 0 Å². The molecule has 2 amide bonds. The van der Waals surface area contributed by atoms with Crippen LogP contribution in [0.25, 0.3) is 0 Å². The largest absolute Gasteiger partial charge is 0.489 e. The molecule has 2 N–H and O–H groups in total. The molecule has 2 aliphatic heterocycles. The highest BCUT2D eigenvalue weighted by Crippen LogP contribution is 2.32. The summed E-state index contributed by atoms with van der Waals surface area (Å²) in [6.45, 7) is 7.99. The van der Waals surface area contributed by atoms with Crippen molar-refractivity contribution in [1.29, 1.82) is 0 Å². The zero-order valence-corrected chi connectivity index (χ0v) is 19.8. The van der Waals surface area contributed by atoms with Crippen LogP contribution in [-0.2, 0) is 24.4 Å². The fourth-order valence-corrected chi connectivity index (χ4v) is 5.27. The zero-order chi connectivity index (χ0) is 23.7. The fourth-order valence-electron chi connectivity index (χ4n) is 5.27. The molecule has 0 bridgehead atoms. The van der Waals surface area contributed by atoms with E-state index in [1.54, 1.807) is 4.90 Å². The molecule has 0 radical (unpaired) electrons. The molecule has 1 unspecified atom stereocenters. The van der Waals surface area contributed by atoms with Crippen molar-refractivity contribution >= 4 is 11.8 Å². The minimum absolute atomic E-state index is 0.0800. The SMILES string of the molecule is C=C1CCC(N2Cc3cc(O[C@@H]4CCCC[C@@H]4NCc4cnn(CC)c4)ccc3C2=O)C(=O)N1. The smallest absolute Gasteiger partial charge is 0.255 e. The van der Waals surface area contributed by atoms with Gasteiger partial charge in [-0.2, -0.15) is 5.10 Å². The Morgan fingerprint density at radius 1 is 1.24 bits per heavy atom.